The summed E-state index contributed by atoms with van der Waals surface area (Å²) in [5, 5.41) is 19.0. The molecule has 1 fully saturated rings. The van der Waals surface area contributed by atoms with Crippen LogP contribution >= 0.6 is 0 Å². The van der Waals surface area contributed by atoms with E-state index in [9.17, 15) is 10.2 Å². The molecule has 0 radical (unpaired) electrons. The number of benzene rings is 1. The SMILES string of the molecule is CCC(O)c1ccc(N2CC(CO)OCC2C)cc1. The van der Waals surface area contributed by atoms with Crippen LogP contribution in [-0.2, 0) is 4.74 Å². The maximum atomic E-state index is 9.80. The number of hydrogen-bond acceptors (Lipinski definition) is 4. The Balaban J connectivity index is 2.11. The molecule has 0 spiro atoms. The lowest BCUT2D eigenvalue weighted by molar-refractivity contribution is -0.0103. The summed E-state index contributed by atoms with van der Waals surface area (Å²) in [6.07, 6.45) is 0.221. The first-order chi connectivity index (χ1) is 9.15. The number of morpholine rings is 1. The lowest BCUT2D eigenvalue weighted by Crippen LogP contribution is -2.49. The maximum absolute atomic E-state index is 9.80. The fourth-order valence-corrected chi connectivity index (χ4v) is 2.41. The second kappa shape index (κ2) is 6.37. The molecule has 1 saturated heterocycles. The Bertz CT molecular complexity index is 393. The Kier molecular flexibility index (Phi) is 4.80. The highest BCUT2D eigenvalue weighted by Gasteiger charge is 2.25. The quantitative estimate of drug-likeness (QED) is 0.870. The number of aliphatic hydroxyl groups excluding tert-OH is 2. The van der Waals surface area contributed by atoms with Gasteiger partial charge in [-0.1, -0.05) is 19.1 Å². The van der Waals surface area contributed by atoms with Crippen LogP contribution in [0, 0.1) is 0 Å². The zero-order valence-electron chi connectivity index (χ0n) is 11.6. The van der Waals surface area contributed by atoms with Gasteiger partial charge < -0.3 is 19.8 Å². The number of anilines is 1. The molecule has 0 aliphatic carbocycles. The lowest BCUT2D eigenvalue weighted by Gasteiger charge is -2.39. The van der Waals surface area contributed by atoms with Gasteiger partial charge in [0, 0.05) is 18.3 Å². The van der Waals surface area contributed by atoms with E-state index in [0.717, 1.165) is 17.7 Å². The molecule has 3 atom stereocenters. The minimum atomic E-state index is -0.388. The van der Waals surface area contributed by atoms with Gasteiger partial charge in [0.15, 0.2) is 0 Å². The molecule has 3 unspecified atom stereocenters. The van der Waals surface area contributed by atoms with Gasteiger partial charge in [0.1, 0.15) is 0 Å². The molecule has 4 nitrogen and oxygen atoms in total. The minimum absolute atomic E-state index is 0.0514. The fourth-order valence-electron chi connectivity index (χ4n) is 2.41. The third-order valence-corrected chi connectivity index (χ3v) is 3.71. The van der Waals surface area contributed by atoms with Crippen molar-refractivity contribution in [1.29, 1.82) is 0 Å². The number of ether oxygens (including phenoxy) is 1. The molecule has 1 aromatic carbocycles. The molecule has 1 aliphatic rings. The molecule has 0 amide bonds. The number of nitrogens with zero attached hydrogens (tertiary/aromatic N) is 1. The molecule has 1 aromatic rings. The number of hydrogen-bond donors (Lipinski definition) is 2. The summed E-state index contributed by atoms with van der Waals surface area (Å²) in [5.74, 6) is 0. The molecular formula is C15H23NO3. The van der Waals surface area contributed by atoms with Gasteiger partial charge in [0.05, 0.1) is 25.4 Å². The van der Waals surface area contributed by atoms with Gasteiger partial charge in [-0.2, -0.15) is 0 Å². The van der Waals surface area contributed by atoms with Gasteiger partial charge in [-0.05, 0) is 31.0 Å². The summed E-state index contributed by atoms with van der Waals surface area (Å²) in [7, 11) is 0. The van der Waals surface area contributed by atoms with Crippen LogP contribution in [0.2, 0.25) is 0 Å². The first-order valence-corrected chi connectivity index (χ1v) is 6.92. The lowest BCUT2D eigenvalue weighted by atomic mass is 10.1. The van der Waals surface area contributed by atoms with E-state index in [-0.39, 0.29) is 18.8 Å². The maximum Gasteiger partial charge on any atom is 0.0981 e. The predicted octanol–water partition coefficient (Wildman–Crippen LogP) is 1.72. The van der Waals surface area contributed by atoms with Crippen molar-refractivity contribution in [3.8, 4) is 0 Å². The van der Waals surface area contributed by atoms with Crippen molar-refractivity contribution < 1.29 is 14.9 Å². The van der Waals surface area contributed by atoms with E-state index in [1.165, 1.54) is 0 Å². The van der Waals surface area contributed by atoms with Crippen LogP contribution in [0.15, 0.2) is 24.3 Å². The van der Waals surface area contributed by atoms with Gasteiger partial charge in [0.25, 0.3) is 0 Å². The van der Waals surface area contributed by atoms with Crippen molar-refractivity contribution in [2.75, 3.05) is 24.7 Å². The second-order valence-electron chi connectivity index (χ2n) is 5.15. The summed E-state index contributed by atoms with van der Waals surface area (Å²) in [6.45, 7) is 5.46. The summed E-state index contributed by atoms with van der Waals surface area (Å²) in [4.78, 5) is 2.24. The average Bonchev–Trinajstić information content (AvgIpc) is 2.47. The molecule has 2 rings (SSSR count). The number of aliphatic hydroxyl groups is 2. The molecule has 19 heavy (non-hydrogen) atoms. The van der Waals surface area contributed by atoms with E-state index in [0.29, 0.717) is 19.2 Å². The largest absolute Gasteiger partial charge is 0.394 e. The van der Waals surface area contributed by atoms with E-state index < -0.39 is 0 Å². The highest BCUT2D eigenvalue weighted by atomic mass is 16.5. The zero-order valence-corrected chi connectivity index (χ0v) is 11.6. The smallest absolute Gasteiger partial charge is 0.0981 e. The third kappa shape index (κ3) is 3.26. The van der Waals surface area contributed by atoms with E-state index in [1.54, 1.807) is 0 Å². The molecule has 0 saturated carbocycles. The Labute approximate surface area is 114 Å². The highest BCUT2D eigenvalue weighted by molar-refractivity contribution is 5.49. The van der Waals surface area contributed by atoms with Crippen LogP contribution in [0.4, 0.5) is 5.69 Å². The molecular weight excluding hydrogens is 242 g/mol. The Morgan fingerprint density at radius 2 is 2.05 bits per heavy atom. The van der Waals surface area contributed by atoms with Gasteiger partial charge in [0.2, 0.25) is 0 Å². The molecule has 4 heteroatoms. The van der Waals surface area contributed by atoms with Crippen LogP contribution in [0.5, 0.6) is 0 Å². The van der Waals surface area contributed by atoms with Crippen LogP contribution in [0.25, 0.3) is 0 Å². The average molecular weight is 265 g/mol. The third-order valence-electron chi connectivity index (χ3n) is 3.71. The van der Waals surface area contributed by atoms with E-state index in [1.807, 2.05) is 31.2 Å². The molecule has 0 aromatic heterocycles. The van der Waals surface area contributed by atoms with Crippen molar-refractivity contribution in [3.05, 3.63) is 29.8 Å². The number of rotatable bonds is 4. The monoisotopic (exact) mass is 265 g/mol. The van der Waals surface area contributed by atoms with Crippen LogP contribution in [0.1, 0.15) is 31.9 Å². The predicted molar refractivity (Wildman–Crippen MR) is 75.3 cm³/mol. The standard InChI is InChI=1S/C15H23NO3/c1-3-15(18)12-4-6-13(7-5-12)16-8-14(9-17)19-10-11(16)2/h4-7,11,14-15,17-18H,3,8-10H2,1-2H3. The van der Waals surface area contributed by atoms with Crippen molar-refractivity contribution in [1.82, 2.24) is 0 Å². The molecule has 2 N–H and O–H groups in total. The van der Waals surface area contributed by atoms with Crippen molar-refractivity contribution in [3.63, 3.8) is 0 Å². The summed E-state index contributed by atoms with van der Waals surface area (Å²) in [5.41, 5.74) is 2.06. The Morgan fingerprint density at radius 1 is 1.37 bits per heavy atom. The van der Waals surface area contributed by atoms with Crippen LogP contribution < -0.4 is 4.90 Å². The first kappa shape index (κ1) is 14.3. The molecule has 1 aliphatic heterocycles. The molecule has 0 bridgehead atoms. The topological polar surface area (TPSA) is 52.9 Å². The summed E-state index contributed by atoms with van der Waals surface area (Å²) in [6, 6.07) is 8.30. The fraction of sp³-hybridized carbons (Fsp3) is 0.600. The van der Waals surface area contributed by atoms with Gasteiger partial charge in [-0.3, -0.25) is 0 Å². The first-order valence-electron chi connectivity index (χ1n) is 6.92. The van der Waals surface area contributed by atoms with Crippen LogP contribution in [0.3, 0.4) is 0 Å². The van der Waals surface area contributed by atoms with E-state index in [2.05, 4.69) is 11.8 Å². The van der Waals surface area contributed by atoms with E-state index >= 15 is 0 Å². The van der Waals surface area contributed by atoms with Crippen LogP contribution in [-0.4, -0.2) is 42.1 Å². The highest BCUT2D eigenvalue weighted by Crippen LogP contribution is 2.24. The molecule has 1 heterocycles. The van der Waals surface area contributed by atoms with E-state index in [4.69, 9.17) is 4.74 Å². The Hall–Kier alpha value is -1.10. The van der Waals surface area contributed by atoms with Gasteiger partial charge in [-0.25, -0.2) is 0 Å². The van der Waals surface area contributed by atoms with Crippen molar-refractivity contribution in [2.45, 2.75) is 38.5 Å². The second-order valence-corrected chi connectivity index (χ2v) is 5.15. The zero-order chi connectivity index (χ0) is 13.8. The molecule has 106 valence electrons. The Morgan fingerprint density at radius 3 is 2.63 bits per heavy atom. The summed E-state index contributed by atoms with van der Waals surface area (Å²) < 4.78 is 5.54. The summed E-state index contributed by atoms with van der Waals surface area (Å²) >= 11 is 0. The van der Waals surface area contributed by atoms with Gasteiger partial charge in [-0.15, -0.1) is 0 Å². The minimum Gasteiger partial charge on any atom is -0.394 e. The normalized spacial score (nSPS) is 25.4. The van der Waals surface area contributed by atoms with Crippen molar-refractivity contribution >= 4 is 5.69 Å². The van der Waals surface area contributed by atoms with Gasteiger partial charge >= 0.3 is 0 Å². The van der Waals surface area contributed by atoms with Crippen molar-refractivity contribution in [2.24, 2.45) is 0 Å².